The van der Waals surface area contributed by atoms with Gasteiger partial charge in [0.05, 0.1) is 5.69 Å². The lowest BCUT2D eigenvalue weighted by Gasteiger charge is -1.76. The van der Waals surface area contributed by atoms with E-state index < -0.39 is 0 Å². The molecule has 0 spiro atoms. The Morgan fingerprint density at radius 2 is 1.93 bits per heavy atom. The fraction of sp³-hybridized carbons (Fsp3) is 0.308. The summed E-state index contributed by atoms with van der Waals surface area (Å²) in [5.74, 6) is 0. The van der Waals surface area contributed by atoms with Crippen molar-refractivity contribution in [3.05, 3.63) is 48.3 Å². The quantitative estimate of drug-likeness (QED) is 0.736. The third-order valence-electron chi connectivity index (χ3n) is 1.52. The minimum atomic E-state index is 1.05. The van der Waals surface area contributed by atoms with Crippen molar-refractivity contribution in [2.45, 2.75) is 27.2 Å². The van der Waals surface area contributed by atoms with Crippen molar-refractivity contribution in [1.29, 1.82) is 0 Å². The first-order valence-corrected chi connectivity index (χ1v) is 5.37. The molecule has 0 saturated carbocycles. The van der Waals surface area contributed by atoms with Crippen LogP contribution in [0.1, 0.15) is 32.9 Å². The lowest BCUT2D eigenvalue weighted by Crippen LogP contribution is -1.67. The summed E-state index contributed by atoms with van der Waals surface area (Å²) in [6, 6.07) is 1.92. The number of aromatic amines is 1. The predicted octanol–water partition coefficient (Wildman–Crippen LogP) is 3.97. The zero-order valence-electron chi connectivity index (χ0n) is 9.77. The molecule has 2 nitrogen and oxygen atoms in total. The van der Waals surface area contributed by atoms with Gasteiger partial charge in [0, 0.05) is 6.20 Å². The first kappa shape index (κ1) is 13.4. The third-order valence-corrected chi connectivity index (χ3v) is 1.52. The highest BCUT2D eigenvalue weighted by Gasteiger charge is 1.79. The van der Waals surface area contributed by atoms with Crippen LogP contribution in [0.2, 0.25) is 0 Å². The number of rotatable bonds is 1. The Morgan fingerprint density at radius 3 is 2.27 bits per heavy atom. The fourth-order valence-corrected chi connectivity index (χ4v) is 0.932. The van der Waals surface area contributed by atoms with Crippen LogP contribution >= 0.6 is 0 Å². The van der Waals surface area contributed by atoms with Crippen LogP contribution in [0.5, 0.6) is 0 Å². The van der Waals surface area contributed by atoms with Gasteiger partial charge in [-0.05, 0) is 25.5 Å². The average molecular weight is 204 g/mol. The molecule has 1 heterocycles. The van der Waals surface area contributed by atoms with Gasteiger partial charge in [-0.25, -0.2) is 0 Å². The van der Waals surface area contributed by atoms with Crippen LogP contribution in [-0.4, -0.2) is 10.2 Å². The Kier molecular flexibility index (Phi) is 9.41. The Morgan fingerprint density at radius 1 is 1.27 bits per heavy atom. The monoisotopic (exact) mass is 204 g/mol. The Bertz CT molecular complexity index is 282. The summed E-state index contributed by atoms with van der Waals surface area (Å²) in [5, 5.41) is 6.57. The summed E-state index contributed by atoms with van der Waals surface area (Å²) in [6.07, 6.45) is 15.2. The lowest BCUT2D eigenvalue weighted by molar-refractivity contribution is 1.08. The normalized spacial score (nSPS) is 11.9. The van der Waals surface area contributed by atoms with E-state index in [1.54, 1.807) is 6.20 Å². The van der Waals surface area contributed by atoms with Gasteiger partial charge in [-0.1, -0.05) is 44.2 Å². The van der Waals surface area contributed by atoms with Gasteiger partial charge in [0.1, 0.15) is 0 Å². The molecule has 0 unspecified atom stereocenters. The van der Waals surface area contributed by atoms with E-state index in [4.69, 9.17) is 0 Å². The molecule has 0 bridgehead atoms. The number of nitrogens with one attached hydrogen (secondary N) is 1. The van der Waals surface area contributed by atoms with Crippen molar-refractivity contribution in [2.24, 2.45) is 0 Å². The molecule has 0 fully saturated rings. The van der Waals surface area contributed by atoms with Gasteiger partial charge in [-0.2, -0.15) is 5.10 Å². The molecule has 0 radical (unpaired) electrons. The number of hydrogen-bond donors (Lipinski definition) is 1. The Hall–Kier alpha value is -1.57. The predicted molar refractivity (Wildman–Crippen MR) is 67.5 cm³/mol. The Balaban J connectivity index is 0.000000241. The molecule has 0 atom stereocenters. The van der Waals surface area contributed by atoms with Crippen molar-refractivity contribution in [3.8, 4) is 0 Å². The third kappa shape index (κ3) is 7.50. The number of aromatic nitrogens is 2. The lowest BCUT2D eigenvalue weighted by atomic mass is 10.4. The van der Waals surface area contributed by atoms with Crippen molar-refractivity contribution in [1.82, 2.24) is 10.2 Å². The maximum absolute atomic E-state index is 3.76. The molecule has 82 valence electrons. The van der Waals surface area contributed by atoms with Crippen molar-refractivity contribution < 1.29 is 0 Å². The summed E-state index contributed by atoms with van der Waals surface area (Å²) in [4.78, 5) is 0. The molecule has 2 heteroatoms. The molecule has 1 aromatic rings. The summed E-state index contributed by atoms with van der Waals surface area (Å²) in [6.45, 7) is 5.97. The summed E-state index contributed by atoms with van der Waals surface area (Å²) >= 11 is 0. The molecule has 0 saturated heterocycles. The fourth-order valence-electron chi connectivity index (χ4n) is 0.932. The second-order valence-corrected chi connectivity index (χ2v) is 2.60. The van der Waals surface area contributed by atoms with E-state index in [0.29, 0.717) is 0 Å². The highest BCUT2D eigenvalue weighted by atomic mass is 15.1. The number of H-pyrrole nitrogens is 1. The van der Waals surface area contributed by atoms with Gasteiger partial charge in [-0.15, -0.1) is 0 Å². The average Bonchev–Trinajstić information content (AvgIpc) is 2.97. The smallest absolute Gasteiger partial charge is 0.0574 e. The van der Waals surface area contributed by atoms with Crippen LogP contribution in [0.3, 0.4) is 0 Å². The van der Waals surface area contributed by atoms with Crippen LogP contribution in [-0.2, 0) is 0 Å². The van der Waals surface area contributed by atoms with Crippen LogP contribution < -0.4 is 0 Å². The second kappa shape index (κ2) is 10.5. The topological polar surface area (TPSA) is 28.7 Å². The van der Waals surface area contributed by atoms with E-state index in [-0.39, 0.29) is 0 Å². The van der Waals surface area contributed by atoms with E-state index in [9.17, 15) is 0 Å². The van der Waals surface area contributed by atoms with E-state index in [1.165, 1.54) is 0 Å². The minimum absolute atomic E-state index is 1.05. The molecular formula is C13H20N2. The summed E-state index contributed by atoms with van der Waals surface area (Å²) < 4.78 is 0. The molecule has 0 aromatic carbocycles. The van der Waals surface area contributed by atoms with Crippen molar-refractivity contribution >= 4 is 6.08 Å². The number of nitrogens with zero attached hydrogens (tertiary/aromatic N) is 1. The first-order chi connectivity index (χ1) is 7.43. The van der Waals surface area contributed by atoms with Gasteiger partial charge < -0.3 is 0 Å². The van der Waals surface area contributed by atoms with Crippen molar-refractivity contribution in [2.75, 3.05) is 0 Å². The molecule has 1 aliphatic carbocycles. The van der Waals surface area contributed by atoms with Gasteiger partial charge >= 0.3 is 0 Å². The van der Waals surface area contributed by atoms with Gasteiger partial charge in [0.15, 0.2) is 0 Å². The van der Waals surface area contributed by atoms with Gasteiger partial charge in [0.25, 0.3) is 0 Å². The standard InChI is InChI=1S/C6H8N2.C5H6.C2H6/c1-2-3-6-4-5-7-8-6;1-2-4-5-3-1;1-2/h2-5H,1H3,(H,7,8);1-4H,5H2;1-2H3/b3-2+;;. The summed E-state index contributed by atoms with van der Waals surface area (Å²) in [7, 11) is 0. The van der Waals surface area contributed by atoms with Crippen LogP contribution in [0.15, 0.2) is 42.6 Å². The zero-order chi connectivity index (χ0) is 11.4. The molecule has 1 N–H and O–H groups in total. The van der Waals surface area contributed by atoms with Gasteiger partial charge in [-0.3, -0.25) is 5.10 Å². The molecule has 1 aromatic heterocycles. The van der Waals surface area contributed by atoms with E-state index in [2.05, 4.69) is 34.5 Å². The molecule has 0 aliphatic heterocycles. The minimum Gasteiger partial charge on any atom is -0.278 e. The first-order valence-electron chi connectivity index (χ1n) is 5.37. The SMILES string of the molecule is C/C=C/c1ccn[nH]1.C1=CCC=C1.CC. The maximum atomic E-state index is 3.76. The highest BCUT2D eigenvalue weighted by Crippen LogP contribution is 1.93. The highest BCUT2D eigenvalue weighted by molar-refractivity contribution is 5.42. The molecular weight excluding hydrogens is 184 g/mol. The van der Waals surface area contributed by atoms with Crippen LogP contribution in [0.25, 0.3) is 6.08 Å². The van der Waals surface area contributed by atoms with Crippen LogP contribution in [0.4, 0.5) is 0 Å². The van der Waals surface area contributed by atoms with Gasteiger partial charge in [0.2, 0.25) is 0 Å². The molecule has 0 amide bonds. The second-order valence-electron chi connectivity index (χ2n) is 2.60. The van der Waals surface area contributed by atoms with E-state index >= 15 is 0 Å². The van der Waals surface area contributed by atoms with E-state index in [1.807, 2.05) is 39.0 Å². The van der Waals surface area contributed by atoms with Crippen molar-refractivity contribution in [3.63, 3.8) is 0 Å². The summed E-state index contributed by atoms with van der Waals surface area (Å²) in [5.41, 5.74) is 1.05. The number of hydrogen-bond acceptors (Lipinski definition) is 1. The zero-order valence-corrected chi connectivity index (χ0v) is 9.77. The Labute approximate surface area is 92.4 Å². The van der Waals surface area contributed by atoms with Crippen LogP contribution in [0, 0.1) is 0 Å². The number of allylic oxidation sites excluding steroid dienone is 5. The molecule has 1 aliphatic rings. The van der Waals surface area contributed by atoms with E-state index in [0.717, 1.165) is 12.1 Å². The maximum Gasteiger partial charge on any atom is 0.0574 e. The molecule has 15 heavy (non-hydrogen) atoms. The molecule has 2 rings (SSSR count). The largest absolute Gasteiger partial charge is 0.278 e.